The first kappa shape index (κ1) is 19.8. The lowest BCUT2D eigenvalue weighted by molar-refractivity contribution is -0.0503. The van der Waals surface area contributed by atoms with Gasteiger partial charge in [-0.05, 0) is 12.3 Å². The molecule has 1 atom stereocenters. The largest absolute Gasteiger partial charge is 0.534 e. The third kappa shape index (κ3) is 4.01. The van der Waals surface area contributed by atoms with Gasteiger partial charge in [0.05, 0.1) is 24.0 Å². The van der Waals surface area contributed by atoms with Crippen molar-refractivity contribution >= 4 is 21.9 Å². The summed E-state index contributed by atoms with van der Waals surface area (Å²) in [6.07, 6.45) is 0.863. The van der Waals surface area contributed by atoms with Gasteiger partial charge in [-0.25, -0.2) is 9.37 Å². The van der Waals surface area contributed by atoms with E-state index in [9.17, 15) is 26.0 Å². The smallest absolute Gasteiger partial charge is 0.368 e. The fourth-order valence-corrected chi connectivity index (χ4v) is 3.28. The van der Waals surface area contributed by atoms with E-state index in [-0.39, 0.29) is 35.0 Å². The predicted octanol–water partition coefficient (Wildman–Crippen LogP) is 3.38. The molecule has 0 N–H and O–H groups in total. The zero-order valence-electron chi connectivity index (χ0n) is 13.7. The van der Waals surface area contributed by atoms with Gasteiger partial charge in [0.1, 0.15) is 5.82 Å². The molecule has 1 aliphatic rings. The molecular weight excluding hydrogens is 412 g/mol. The quantitative estimate of drug-likeness (QED) is 0.245. The molecule has 0 saturated heterocycles. The number of benzene rings is 1. The Bertz CT molecular complexity index is 967. The summed E-state index contributed by atoms with van der Waals surface area (Å²) < 4.78 is 84.2. The highest BCUT2D eigenvalue weighted by atomic mass is 32.2. The van der Waals surface area contributed by atoms with Gasteiger partial charge in [0.2, 0.25) is 5.88 Å². The Labute approximate surface area is 156 Å². The zero-order valence-corrected chi connectivity index (χ0v) is 15.3. The fraction of sp³-hybridized carbons (Fsp3) is 0.333. The second-order valence-corrected chi connectivity index (χ2v) is 7.76. The van der Waals surface area contributed by atoms with Crippen molar-refractivity contribution < 1.29 is 34.9 Å². The molecule has 1 aromatic heterocycles. The highest BCUT2D eigenvalue weighted by Crippen LogP contribution is 2.37. The third-order valence-electron chi connectivity index (χ3n) is 3.75. The van der Waals surface area contributed by atoms with E-state index in [1.807, 2.05) is 0 Å². The van der Waals surface area contributed by atoms with Crippen LogP contribution in [0, 0.1) is 5.82 Å². The molecule has 1 unspecified atom stereocenters. The number of aromatic nitrogens is 2. The van der Waals surface area contributed by atoms with Crippen molar-refractivity contribution in [2.75, 3.05) is 6.26 Å². The predicted molar refractivity (Wildman–Crippen MR) is 87.0 cm³/mol. The molecular formula is C15H12F4N2O4S2. The van der Waals surface area contributed by atoms with E-state index in [1.165, 1.54) is 18.2 Å². The Hall–Kier alpha value is -1.92. The summed E-state index contributed by atoms with van der Waals surface area (Å²) in [6.45, 7) is -0.328. The molecule has 0 bridgehead atoms. The topological polar surface area (TPSA) is 78.4 Å². The number of nitrogens with zero attached hydrogens (tertiary/aromatic N) is 2. The first-order chi connectivity index (χ1) is 12.6. The van der Waals surface area contributed by atoms with Crippen LogP contribution in [0.25, 0.3) is 0 Å². The summed E-state index contributed by atoms with van der Waals surface area (Å²) in [7, 11) is -5.90. The van der Waals surface area contributed by atoms with Gasteiger partial charge in [0, 0.05) is 12.0 Å². The van der Waals surface area contributed by atoms with Crippen LogP contribution in [0.15, 0.2) is 29.4 Å². The monoisotopic (exact) mass is 424 g/mol. The number of ether oxygens (including phenoxy) is 1. The second-order valence-electron chi connectivity index (χ2n) is 5.45. The first-order valence-electron chi connectivity index (χ1n) is 7.43. The minimum absolute atomic E-state index is 0.0202. The molecule has 6 nitrogen and oxygen atoms in total. The van der Waals surface area contributed by atoms with Gasteiger partial charge in [-0.15, -0.1) is 0 Å². The van der Waals surface area contributed by atoms with Gasteiger partial charge in [-0.2, -0.15) is 26.6 Å². The lowest BCUT2D eigenvalue weighted by Crippen LogP contribution is -2.29. The third-order valence-corrected chi connectivity index (χ3v) is 5.24. The van der Waals surface area contributed by atoms with E-state index in [0.29, 0.717) is 0 Å². The van der Waals surface area contributed by atoms with Crippen LogP contribution in [0.2, 0.25) is 0 Å². The van der Waals surface area contributed by atoms with E-state index < -0.39 is 33.4 Å². The van der Waals surface area contributed by atoms with Crippen molar-refractivity contribution in [2.24, 2.45) is 0 Å². The van der Waals surface area contributed by atoms with Crippen molar-refractivity contribution in [3.8, 4) is 5.88 Å². The van der Waals surface area contributed by atoms with Crippen molar-refractivity contribution in [3.63, 3.8) is 0 Å². The average Bonchev–Trinajstić information content (AvgIpc) is 2.60. The molecule has 146 valence electrons. The Morgan fingerprint density at radius 3 is 2.59 bits per heavy atom. The van der Waals surface area contributed by atoms with Crippen molar-refractivity contribution in [1.29, 1.82) is 0 Å². The Balaban J connectivity index is 1.99. The number of fused-ring (bicyclic) bond motifs is 1. The Morgan fingerprint density at radius 1 is 1.26 bits per heavy atom. The van der Waals surface area contributed by atoms with Crippen LogP contribution < -0.4 is 4.18 Å². The molecule has 0 aliphatic carbocycles. The summed E-state index contributed by atoms with van der Waals surface area (Å²) in [6, 6.07) is 5.91. The lowest BCUT2D eigenvalue weighted by Gasteiger charge is -2.26. The lowest BCUT2D eigenvalue weighted by atomic mass is 9.99. The molecule has 27 heavy (non-hydrogen) atoms. The number of alkyl halides is 3. The van der Waals surface area contributed by atoms with Crippen molar-refractivity contribution in [3.05, 3.63) is 46.9 Å². The first-order valence-corrected chi connectivity index (χ1v) is 10.1. The summed E-state index contributed by atoms with van der Waals surface area (Å²) in [5.74, 6) is -1.24. The summed E-state index contributed by atoms with van der Waals surface area (Å²) >= 11 is 0.996. The Morgan fingerprint density at radius 2 is 1.96 bits per heavy atom. The molecule has 12 heteroatoms. The highest BCUT2D eigenvalue weighted by Gasteiger charge is 2.49. The number of hydrogen-bond donors (Lipinski definition) is 0. The van der Waals surface area contributed by atoms with Crippen LogP contribution in [0.1, 0.15) is 22.9 Å². The zero-order chi connectivity index (χ0) is 19.8. The summed E-state index contributed by atoms with van der Waals surface area (Å²) in [5, 5.41) is 0.0234. The fourth-order valence-electron chi connectivity index (χ4n) is 2.47. The van der Waals surface area contributed by atoms with E-state index in [1.54, 1.807) is 12.3 Å². The molecule has 1 aromatic carbocycles. The van der Waals surface area contributed by atoms with E-state index in [2.05, 4.69) is 14.2 Å². The van der Waals surface area contributed by atoms with Crippen LogP contribution >= 0.6 is 11.8 Å². The molecule has 0 amide bonds. The highest BCUT2D eigenvalue weighted by molar-refractivity contribution is 7.98. The molecule has 0 fully saturated rings. The molecule has 3 rings (SSSR count). The number of rotatable bonds is 4. The maximum Gasteiger partial charge on any atom is 0.534 e. The number of halogens is 4. The molecule has 2 heterocycles. The number of hydrogen-bond acceptors (Lipinski definition) is 7. The molecule has 0 saturated carbocycles. The summed E-state index contributed by atoms with van der Waals surface area (Å²) in [5.41, 5.74) is -5.12. The van der Waals surface area contributed by atoms with Gasteiger partial charge in [-0.1, -0.05) is 30.0 Å². The maximum atomic E-state index is 14.0. The maximum absolute atomic E-state index is 14.0. The van der Waals surface area contributed by atoms with E-state index in [4.69, 9.17) is 4.74 Å². The van der Waals surface area contributed by atoms with Gasteiger partial charge in [0.25, 0.3) is 0 Å². The minimum atomic E-state index is -5.90. The van der Waals surface area contributed by atoms with Crippen LogP contribution in [-0.2, 0) is 27.9 Å². The van der Waals surface area contributed by atoms with Gasteiger partial charge in [0.15, 0.2) is 5.16 Å². The molecule has 2 aromatic rings. The average molecular weight is 424 g/mol. The van der Waals surface area contributed by atoms with Gasteiger partial charge in [-0.3, -0.25) is 0 Å². The minimum Gasteiger partial charge on any atom is -0.368 e. The van der Waals surface area contributed by atoms with Crippen LogP contribution in [0.3, 0.4) is 0 Å². The van der Waals surface area contributed by atoms with E-state index >= 15 is 0 Å². The normalized spacial score (nSPS) is 17.4. The van der Waals surface area contributed by atoms with Crippen LogP contribution in [0.4, 0.5) is 17.6 Å². The molecule has 0 spiro atoms. The summed E-state index contributed by atoms with van der Waals surface area (Å²) in [4.78, 5) is 7.90. The van der Waals surface area contributed by atoms with E-state index in [0.717, 1.165) is 11.8 Å². The van der Waals surface area contributed by atoms with Crippen LogP contribution in [-0.4, -0.2) is 30.1 Å². The van der Waals surface area contributed by atoms with Gasteiger partial charge < -0.3 is 8.92 Å². The molecule has 1 aliphatic heterocycles. The van der Waals surface area contributed by atoms with Crippen molar-refractivity contribution in [1.82, 2.24) is 9.97 Å². The number of thioether (sulfide) groups is 1. The Kier molecular flexibility index (Phi) is 5.32. The molecule has 0 radical (unpaired) electrons. The second kappa shape index (κ2) is 7.24. The SMILES string of the molecule is CSc1nc2c(c(OS(=O)(=O)C(F)(F)F)n1)COC(c1ccccc1F)C2. The standard InChI is InChI=1S/C15H12F4N2O4S2/c1-26-14-20-11-6-12(8-4-2-3-5-10(8)16)24-7-9(11)13(21-14)25-27(22,23)15(17,18)19/h2-5,12H,6-7H2,1H3. The van der Waals surface area contributed by atoms with Crippen LogP contribution in [0.5, 0.6) is 5.88 Å². The van der Waals surface area contributed by atoms with Gasteiger partial charge >= 0.3 is 15.6 Å². The van der Waals surface area contributed by atoms with Crippen molar-refractivity contribution in [2.45, 2.75) is 29.8 Å².